The third kappa shape index (κ3) is 7.05. The summed E-state index contributed by atoms with van der Waals surface area (Å²) in [7, 11) is 0. The second-order valence-corrected chi connectivity index (χ2v) is 8.74. The van der Waals surface area contributed by atoms with E-state index >= 15 is 0 Å². The number of benzene rings is 2. The molecule has 184 valence electrons. The Balaban J connectivity index is 1.71. The van der Waals surface area contributed by atoms with E-state index in [-0.39, 0.29) is 28.5 Å². The van der Waals surface area contributed by atoms with Gasteiger partial charge in [-0.05, 0) is 49.4 Å². The minimum atomic E-state index is -3.07. The lowest BCUT2D eigenvalue weighted by molar-refractivity contribution is -0.0498. The third-order valence-electron chi connectivity index (χ3n) is 5.46. The van der Waals surface area contributed by atoms with Crippen molar-refractivity contribution in [3.8, 4) is 17.2 Å². The molecule has 10 heteroatoms. The number of hydrogen-bond donors (Lipinski definition) is 3. The number of ether oxygens (including phenoxy) is 2. The maximum atomic E-state index is 12.8. The normalized spacial score (nSPS) is 15.3. The van der Waals surface area contributed by atoms with Crippen molar-refractivity contribution in [3.63, 3.8) is 0 Å². The number of carboxylic acid groups (broad SMARTS) is 1. The molecule has 0 atom stereocenters. The first kappa shape index (κ1) is 25.2. The van der Waals surface area contributed by atoms with E-state index < -0.39 is 24.2 Å². The molecule has 0 radical (unpaired) electrons. The fraction of sp³-hybridized carbons (Fsp3) is 0.417. The number of aliphatic hydroxyl groups is 1. The van der Waals surface area contributed by atoms with Crippen molar-refractivity contribution in [2.45, 2.75) is 45.3 Å². The van der Waals surface area contributed by atoms with Gasteiger partial charge in [0, 0.05) is 37.0 Å². The molecule has 3 N–H and O–H groups in total. The molecule has 34 heavy (non-hydrogen) atoms. The SMILES string of the molecule is CC(C)CC1(O)CCN(C(=O)Nc2cc(Oc3ccc(C(=O)O)cc3)cc(OC(F)F)c2)CC1. The van der Waals surface area contributed by atoms with Crippen LogP contribution in [0.2, 0.25) is 0 Å². The molecule has 0 bridgehead atoms. The monoisotopic (exact) mass is 478 g/mol. The summed E-state index contributed by atoms with van der Waals surface area (Å²) >= 11 is 0. The van der Waals surface area contributed by atoms with E-state index in [9.17, 15) is 23.5 Å². The maximum absolute atomic E-state index is 12.8. The van der Waals surface area contributed by atoms with Crippen molar-refractivity contribution < 1.29 is 38.1 Å². The summed E-state index contributed by atoms with van der Waals surface area (Å²) in [6, 6.07) is 9.04. The fourth-order valence-corrected chi connectivity index (χ4v) is 3.97. The van der Waals surface area contributed by atoms with E-state index in [1.54, 1.807) is 4.90 Å². The number of halogens is 2. The van der Waals surface area contributed by atoms with Crippen LogP contribution >= 0.6 is 0 Å². The van der Waals surface area contributed by atoms with Gasteiger partial charge in [-0.25, -0.2) is 9.59 Å². The summed E-state index contributed by atoms with van der Waals surface area (Å²) in [6.07, 6.45) is 1.56. The van der Waals surface area contributed by atoms with Crippen molar-refractivity contribution >= 4 is 17.7 Å². The predicted octanol–water partition coefficient (Wildman–Crippen LogP) is 5.18. The molecule has 1 fully saturated rings. The topological polar surface area (TPSA) is 108 Å². The first-order valence-corrected chi connectivity index (χ1v) is 10.9. The lowest BCUT2D eigenvalue weighted by atomic mass is 9.84. The highest BCUT2D eigenvalue weighted by Gasteiger charge is 2.34. The Morgan fingerprint density at radius 2 is 1.68 bits per heavy atom. The van der Waals surface area contributed by atoms with Gasteiger partial charge >= 0.3 is 18.6 Å². The molecule has 0 aromatic heterocycles. The number of alkyl halides is 2. The quantitative estimate of drug-likeness (QED) is 0.482. The zero-order chi connectivity index (χ0) is 24.9. The number of carbonyl (C=O) groups excluding carboxylic acids is 1. The Labute approximate surface area is 196 Å². The molecular formula is C24H28F2N2O6. The van der Waals surface area contributed by atoms with E-state index in [0.29, 0.717) is 38.3 Å². The van der Waals surface area contributed by atoms with Crippen LogP contribution in [-0.2, 0) is 0 Å². The minimum absolute atomic E-state index is 0.0666. The molecule has 0 aliphatic carbocycles. The van der Waals surface area contributed by atoms with Crippen molar-refractivity contribution in [3.05, 3.63) is 48.0 Å². The molecule has 2 amide bonds. The van der Waals surface area contributed by atoms with Gasteiger partial charge in [-0.1, -0.05) is 13.8 Å². The molecule has 2 aromatic rings. The molecule has 3 rings (SSSR count). The number of nitrogens with zero attached hydrogens (tertiary/aromatic N) is 1. The molecule has 8 nitrogen and oxygen atoms in total. The molecular weight excluding hydrogens is 450 g/mol. The number of carboxylic acids is 1. The van der Waals surface area contributed by atoms with Crippen LogP contribution in [0.4, 0.5) is 19.3 Å². The molecule has 1 aliphatic heterocycles. The highest BCUT2D eigenvalue weighted by molar-refractivity contribution is 5.90. The largest absolute Gasteiger partial charge is 0.478 e. The van der Waals surface area contributed by atoms with Crippen LogP contribution < -0.4 is 14.8 Å². The van der Waals surface area contributed by atoms with Gasteiger partial charge in [0.15, 0.2) is 0 Å². The Hall–Kier alpha value is -3.40. The zero-order valence-electron chi connectivity index (χ0n) is 19.0. The summed E-state index contributed by atoms with van der Waals surface area (Å²) in [5.74, 6) is -0.584. The van der Waals surface area contributed by atoms with Crippen molar-refractivity contribution in [1.29, 1.82) is 0 Å². The van der Waals surface area contributed by atoms with Crippen LogP contribution in [0, 0.1) is 5.92 Å². The van der Waals surface area contributed by atoms with E-state index in [4.69, 9.17) is 9.84 Å². The van der Waals surface area contributed by atoms with Gasteiger partial charge in [0.2, 0.25) is 0 Å². The summed E-state index contributed by atoms with van der Waals surface area (Å²) in [4.78, 5) is 25.3. The number of aromatic carboxylic acids is 1. The van der Waals surface area contributed by atoms with Crippen LogP contribution in [0.5, 0.6) is 17.2 Å². The highest BCUT2D eigenvalue weighted by atomic mass is 19.3. The summed E-state index contributed by atoms with van der Waals surface area (Å²) in [5, 5.41) is 22.3. The van der Waals surface area contributed by atoms with Gasteiger partial charge in [-0.2, -0.15) is 8.78 Å². The number of carbonyl (C=O) groups is 2. The van der Waals surface area contributed by atoms with Gasteiger partial charge in [0.25, 0.3) is 0 Å². The average Bonchev–Trinajstić information content (AvgIpc) is 2.73. The first-order chi connectivity index (χ1) is 16.0. The Morgan fingerprint density at radius 1 is 1.06 bits per heavy atom. The molecule has 0 saturated carbocycles. The first-order valence-electron chi connectivity index (χ1n) is 10.9. The second kappa shape index (κ2) is 10.7. The van der Waals surface area contributed by atoms with E-state index in [0.717, 1.165) is 0 Å². The summed E-state index contributed by atoms with van der Waals surface area (Å²) in [6.45, 7) is 1.72. The number of amides is 2. The number of likely N-dealkylation sites (tertiary alicyclic amines) is 1. The molecule has 0 unspecified atom stereocenters. The van der Waals surface area contributed by atoms with Crippen molar-refractivity contribution in [2.75, 3.05) is 18.4 Å². The van der Waals surface area contributed by atoms with Gasteiger partial charge in [-0.3, -0.25) is 0 Å². The fourth-order valence-electron chi connectivity index (χ4n) is 3.97. The van der Waals surface area contributed by atoms with E-state index in [2.05, 4.69) is 10.1 Å². The Morgan fingerprint density at radius 3 is 2.24 bits per heavy atom. The number of hydrogen-bond acceptors (Lipinski definition) is 5. The highest BCUT2D eigenvalue weighted by Crippen LogP contribution is 2.32. The molecule has 1 heterocycles. The van der Waals surface area contributed by atoms with Crippen molar-refractivity contribution in [2.24, 2.45) is 5.92 Å². The number of piperidine rings is 1. The minimum Gasteiger partial charge on any atom is -0.478 e. The standard InChI is InChI=1S/C24H28F2N2O6/c1-15(2)14-24(32)7-9-28(10-8-24)23(31)27-17-11-19(13-20(12-17)34-22(25)26)33-18-5-3-16(4-6-18)21(29)30/h3-6,11-13,15,22,32H,7-10,14H2,1-2H3,(H,27,31)(H,29,30). The van der Waals surface area contributed by atoms with Gasteiger partial charge in [0.1, 0.15) is 17.2 Å². The van der Waals surface area contributed by atoms with Crippen LogP contribution in [0.15, 0.2) is 42.5 Å². The van der Waals surface area contributed by atoms with Gasteiger partial charge < -0.3 is 29.9 Å². The van der Waals surface area contributed by atoms with Crippen LogP contribution in [0.25, 0.3) is 0 Å². The van der Waals surface area contributed by atoms with E-state index in [1.807, 2.05) is 13.8 Å². The van der Waals surface area contributed by atoms with E-state index in [1.165, 1.54) is 42.5 Å². The van der Waals surface area contributed by atoms with Crippen LogP contribution in [0.3, 0.4) is 0 Å². The Kier molecular flexibility index (Phi) is 7.93. The number of urea groups is 1. The zero-order valence-corrected chi connectivity index (χ0v) is 19.0. The Bertz CT molecular complexity index is 1010. The molecule has 1 saturated heterocycles. The third-order valence-corrected chi connectivity index (χ3v) is 5.46. The number of nitrogens with one attached hydrogen (secondary N) is 1. The van der Waals surface area contributed by atoms with Gasteiger partial charge in [-0.15, -0.1) is 0 Å². The average molecular weight is 478 g/mol. The number of anilines is 1. The summed E-state index contributed by atoms with van der Waals surface area (Å²) < 4.78 is 35.8. The predicted molar refractivity (Wildman–Crippen MR) is 121 cm³/mol. The molecule has 0 spiro atoms. The summed E-state index contributed by atoms with van der Waals surface area (Å²) in [5.41, 5.74) is -0.548. The molecule has 1 aliphatic rings. The number of rotatable bonds is 8. The lowest BCUT2D eigenvalue weighted by Gasteiger charge is -2.39. The van der Waals surface area contributed by atoms with Gasteiger partial charge in [0.05, 0.1) is 11.2 Å². The smallest absolute Gasteiger partial charge is 0.387 e. The second-order valence-electron chi connectivity index (χ2n) is 8.74. The van der Waals surface area contributed by atoms with Crippen LogP contribution in [-0.4, -0.2) is 52.4 Å². The maximum Gasteiger partial charge on any atom is 0.387 e. The van der Waals surface area contributed by atoms with Crippen LogP contribution in [0.1, 0.15) is 43.5 Å². The molecule has 2 aromatic carbocycles. The van der Waals surface area contributed by atoms with Crippen molar-refractivity contribution in [1.82, 2.24) is 4.90 Å². The lowest BCUT2D eigenvalue weighted by Crippen LogP contribution is -2.48.